The summed E-state index contributed by atoms with van der Waals surface area (Å²) in [6.45, 7) is 1.51. The summed E-state index contributed by atoms with van der Waals surface area (Å²) in [7, 11) is 0. The van der Waals surface area contributed by atoms with Gasteiger partial charge in [0, 0.05) is 25.3 Å². The van der Waals surface area contributed by atoms with Gasteiger partial charge in [0.1, 0.15) is 12.4 Å². The van der Waals surface area contributed by atoms with E-state index >= 15 is 0 Å². The van der Waals surface area contributed by atoms with E-state index in [-0.39, 0.29) is 18.5 Å². The molecule has 0 spiro atoms. The Morgan fingerprint density at radius 1 is 1.24 bits per heavy atom. The highest BCUT2D eigenvalue weighted by atomic mass is 16.4. The third kappa shape index (κ3) is 3.13. The molecule has 1 atom stereocenters. The maximum absolute atomic E-state index is 12.4. The van der Waals surface area contributed by atoms with E-state index in [9.17, 15) is 9.59 Å². The lowest BCUT2D eigenvalue weighted by molar-refractivity contribution is -0.122. The Balaban J connectivity index is 1.41. The van der Waals surface area contributed by atoms with E-state index in [2.05, 4.69) is 15.2 Å². The molecule has 0 radical (unpaired) electrons. The fourth-order valence-electron chi connectivity index (χ4n) is 3.21. The average Bonchev–Trinajstić information content (AvgIpc) is 3.21. The van der Waals surface area contributed by atoms with E-state index in [1.54, 1.807) is 24.4 Å². The molecule has 0 saturated carbocycles. The number of nitrogens with zero attached hydrogens (tertiary/aromatic N) is 3. The van der Waals surface area contributed by atoms with Crippen molar-refractivity contribution in [1.29, 1.82) is 0 Å². The monoisotopic (exact) mass is 338 g/mol. The fraction of sp³-hybridized carbons (Fsp3) is 0.278. The van der Waals surface area contributed by atoms with Gasteiger partial charge in [-0.2, -0.15) is 0 Å². The smallest absolute Gasteiger partial charge is 0.408 e. The Morgan fingerprint density at radius 2 is 2.08 bits per heavy atom. The second-order valence-electron chi connectivity index (χ2n) is 6.11. The number of oxazole rings is 1. The van der Waals surface area contributed by atoms with Gasteiger partial charge >= 0.3 is 5.76 Å². The quantitative estimate of drug-likeness (QED) is 0.777. The zero-order valence-corrected chi connectivity index (χ0v) is 13.6. The van der Waals surface area contributed by atoms with Crippen molar-refractivity contribution >= 4 is 22.8 Å². The van der Waals surface area contributed by atoms with Crippen molar-refractivity contribution in [3.63, 3.8) is 0 Å². The minimum atomic E-state index is -0.516. The predicted octanol–water partition coefficient (Wildman–Crippen LogP) is 1.38. The maximum atomic E-state index is 12.4. The predicted molar refractivity (Wildman–Crippen MR) is 93.5 cm³/mol. The highest BCUT2D eigenvalue weighted by Crippen LogP contribution is 2.17. The van der Waals surface area contributed by atoms with Crippen LogP contribution in [0.1, 0.15) is 6.42 Å². The number of nitrogens with one attached hydrogen (secondary N) is 1. The average molecular weight is 338 g/mol. The summed E-state index contributed by atoms with van der Waals surface area (Å²) in [5.41, 5.74) is 1.12. The largest absolute Gasteiger partial charge is 0.420 e. The van der Waals surface area contributed by atoms with Gasteiger partial charge in [-0.15, -0.1) is 0 Å². The molecule has 1 saturated heterocycles. The van der Waals surface area contributed by atoms with Crippen molar-refractivity contribution in [1.82, 2.24) is 14.9 Å². The molecule has 1 aliphatic heterocycles. The van der Waals surface area contributed by atoms with Crippen LogP contribution in [0.3, 0.4) is 0 Å². The van der Waals surface area contributed by atoms with E-state index < -0.39 is 5.76 Å². The number of anilines is 1. The SMILES string of the molecule is O=C(Cn1c(=O)oc2ccccc21)NC1CCN(c2ccccn2)C1. The van der Waals surface area contributed by atoms with Crippen LogP contribution in [0.4, 0.5) is 5.82 Å². The number of aromatic nitrogens is 2. The molecule has 1 N–H and O–H groups in total. The van der Waals surface area contributed by atoms with Gasteiger partial charge in [-0.25, -0.2) is 9.78 Å². The van der Waals surface area contributed by atoms with E-state index in [1.807, 2.05) is 24.3 Å². The molecule has 1 aliphatic rings. The van der Waals surface area contributed by atoms with Gasteiger partial charge in [-0.3, -0.25) is 9.36 Å². The van der Waals surface area contributed by atoms with E-state index in [0.29, 0.717) is 17.6 Å². The Bertz CT molecular complexity index is 948. The number of amides is 1. The lowest BCUT2D eigenvalue weighted by Gasteiger charge is -2.17. The van der Waals surface area contributed by atoms with Gasteiger partial charge in [0.25, 0.3) is 0 Å². The normalized spacial score (nSPS) is 17.1. The first-order valence-corrected chi connectivity index (χ1v) is 8.24. The van der Waals surface area contributed by atoms with Crippen LogP contribution in [0.5, 0.6) is 0 Å². The summed E-state index contributed by atoms with van der Waals surface area (Å²) in [6.07, 6.45) is 2.61. The second kappa shape index (κ2) is 6.43. The number of carbonyl (C=O) groups is 1. The number of carbonyl (C=O) groups excluding carboxylic acids is 1. The molecule has 7 nitrogen and oxygen atoms in total. The Kier molecular flexibility index (Phi) is 3.97. The van der Waals surface area contributed by atoms with Crippen molar-refractivity contribution in [2.75, 3.05) is 18.0 Å². The maximum Gasteiger partial charge on any atom is 0.420 e. The van der Waals surface area contributed by atoms with Crippen LogP contribution >= 0.6 is 0 Å². The first kappa shape index (κ1) is 15.4. The zero-order valence-electron chi connectivity index (χ0n) is 13.6. The summed E-state index contributed by atoms with van der Waals surface area (Å²) in [5, 5.41) is 3.00. The molecule has 3 aromatic rings. The molecule has 1 fully saturated rings. The fourth-order valence-corrected chi connectivity index (χ4v) is 3.21. The number of para-hydroxylation sites is 2. The van der Waals surface area contributed by atoms with Crippen molar-refractivity contribution in [2.45, 2.75) is 19.0 Å². The van der Waals surface area contributed by atoms with Crippen LogP contribution < -0.4 is 16.0 Å². The second-order valence-corrected chi connectivity index (χ2v) is 6.11. The van der Waals surface area contributed by atoms with Crippen LogP contribution in [0.25, 0.3) is 11.1 Å². The van der Waals surface area contributed by atoms with E-state index in [0.717, 1.165) is 18.8 Å². The van der Waals surface area contributed by atoms with Gasteiger partial charge in [-0.1, -0.05) is 18.2 Å². The Hall–Kier alpha value is -3.09. The number of hydrogen-bond donors (Lipinski definition) is 1. The number of hydrogen-bond acceptors (Lipinski definition) is 5. The topological polar surface area (TPSA) is 80.4 Å². The molecule has 3 heterocycles. The molecule has 2 aromatic heterocycles. The Labute approximate surface area is 143 Å². The van der Waals surface area contributed by atoms with Crippen molar-refractivity contribution in [2.24, 2.45) is 0 Å². The molecule has 1 unspecified atom stereocenters. The molecule has 4 rings (SSSR count). The molecule has 0 aliphatic carbocycles. The van der Waals surface area contributed by atoms with E-state index in [1.165, 1.54) is 4.57 Å². The number of fused-ring (bicyclic) bond motifs is 1. The minimum Gasteiger partial charge on any atom is -0.408 e. The molecule has 1 amide bonds. The first-order chi connectivity index (χ1) is 12.2. The van der Waals surface area contributed by atoms with Crippen molar-refractivity contribution in [3.05, 3.63) is 59.2 Å². The highest BCUT2D eigenvalue weighted by molar-refractivity contribution is 5.79. The van der Waals surface area contributed by atoms with Gasteiger partial charge < -0.3 is 14.6 Å². The number of pyridine rings is 1. The third-order valence-electron chi connectivity index (χ3n) is 4.40. The lowest BCUT2D eigenvalue weighted by atomic mass is 10.2. The Morgan fingerprint density at radius 3 is 2.92 bits per heavy atom. The van der Waals surface area contributed by atoms with Crippen LogP contribution in [-0.2, 0) is 11.3 Å². The van der Waals surface area contributed by atoms with Crippen LogP contribution in [-0.4, -0.2) is 34.6 Å². The lowest BCUT2D eigenvalue weighted by Crippen LogP contribution is -2.40. The molecule has 0 bridgehead atoms. The third-order valence-corrected chi connectivity index (χ3v) is 4.40. The zero-order chi connectivity index (χ0) is 17.2. The summed E-state index contributed by atoms with van der Waals surface area (Å²) < 4.78 is 6.51. The highest BCUT2D eigenvalue weighted by Gasteiger charge is 2.25. The van der Waals surface area contributed by atoms with Crippen LogP contribution in [0.2, 0.25) is 0 Å². The molecule has 1 aromatic carbocycles. The molecule has 128 valence electrons. The van der Waals surface area contributed by atoms with Gasteiger partial charge in [0.05, 0.1) is 5.52 Å². The van der Waals surface area contributed by atoms with Crippen molar-refractivity contribution < 1.29 is 9.21 Å². The molecular weight excluding hydrogens is 320 g/mol. The summed E-state index contributed by atoms with van der Waals surface area (Å²) in [5.74, 6) is 0.204. The number of rotatable bonds is 4. The van der Waals surface area contributed by atoms with Crippen molar-refractivity contribution in [3.8, 4) is 0 Å². The van der Waals surface area contributed by atoms with E-state index in [4.69, 9.17) is 4.42 Å². The van der Waals surface area contributed by atoms with Crippen LogP contribution in [0, 0.1) is 0 Å². The van der Waals surface area contributed by atoms with Gasteiger partial charge in [0.15, 0.2) is 5.58 Å². The summed E-state index contributed by atoms with van der Waals surface area (Å²) in [6, 6.07) is 12.9. The standard InChI is InChI=1S/C18H18N4O3/c23-17(12-22-14-5-1-2-6-15(14)25-18(22)24)20-13-8-10-21(11-13)16-7-3-4-9-19-16/h1-7,9,13H,8,10-12H2,(H,20,23). The molecule has 7 heteroatoms. The van der Waals surface area contributed by atoms with Crippen LogP contribution in [0.15, 0.2) is 57.9 Å². The molecule has 25 heavy (non-hydrogen) atoms. The first-order valence-electron chi connectivity index (χ1n) is 8.24. The molecular formula is C18H18N4O3. The van der Waals surface area contributed by atoms with Gasteiger partial charge in [-0.05, 0) is 30.7 Å². The van der Waals surface area contributed by atoms with Gasteiger partial charge in [0.2, 0.25) is 5.91 Å². The minimum absolute atomic E-state index is 0.0448. The summed E-state index contributed by atoms with van der Waals surface area (Å²) >= 11 is 0. The number of benzene rings is 1. The summed E-state index contributed by atoms with van der Waals surface area (Å²) in [4.78, 5) is 30.8.